The molecule has 0 aliphatic rings. The van der Waals surface area contributed by atoms with Crippen LogP contribution < -0.4 is 0 Å². The van der Waals surface area contributed by atoms with Gasteiger partial charge in [-0.05, 0) is 76.4 Å². The second-order valence-corrected chi connectivity index (χ2v) is 10.0. The Morgan fingerprint density at radius 2 is 2.03 bits per heavy atom. The maximum absolute atomic E-state index is 14.9. The fourth-order valence-corrected chi connectivity index (χ4v) is 5.55. The van der Waals surface area contributed by atoms with E-state index < -0.39 is 0 Å². The zero-order valence-corrected chi connectivity index (χ0v) is 23.2. The summed E-state index contributed by atoms with van der Waals surface area (Å²) in [4.78, 5) is 17.4. The number of nitriles is 1. The van der Waals surface area contributed by atoms with Crippen LogP contribution in [0.4, 0.5) is 4.39 Å². The van der Waals surface area contributed by atoms with E-state index in [1.807, 2.05) is 26.1 Å². The van der Waals surface area contributed by atoms with E-state index in [1.165, 1.54) is 15.2 Å². The summed E-state index contributed by atoms with van der Waals surface area (Å²) in [6.45, 7) is 11.2. The van der Waals surface area contributed by atoms with Crippen LogP contribution in [0.1, 0.15) is 63.0 Å². The van der Waals surface area contributed by atoms with Crippen molar-refractivity contribution < 1.29 is 9.18 Å². The molecule has 8 heteroatoms. The van der Waals surface area contributed by atoms with Gasteiger partial charge in [-0.15, -0.1) is 0 Å². The molecule has 0 radical (unpaired) electrons. The van der Waals surface area contributed by atoms with Gasteiger partial charge in [0.15, 0.2) is 0 Å². The summed E-state index contributed by atoms with van der Waals surface area (Å²) in [6, 6.07) is 7.58. The van der Waals surface area contributed by atoms with Crippen molar-refractivity contribution in [2.24, 2.45) is 0 Å². The molecule has 1 atom stereocenters. The van der Waals surface area contributed by atoms with E-state index in [1.54, 1.807) is 21.1 Å². The quantitative estimate of drug-likeness (QED) is 0.115. The largest absolute Gasteiger partial charge is 0.380 e. The Balaban J connectivity index is 2.33. The summed E-state index contributed by atoms with van der Waals surface area (Å²) >= 11 is 2.12. The normalized spacial score (nSPS) is 12.9. The molecule has 33 heavy (non-hydrogen) atoms. The number of hydrogen-bond donors (Lipinski definition) is 0. The Bertz CT molecular complexity index is 1030. The molecular weight excluding hydrogens is 550 g/mol. The number of benzene rings is 1. The maximum Gasteiger partial charge on any atom is 0.222 e. The molecule has 1 unspecified atom stereocenters. The second kappa shape index (κ2) is 13.4. The lowest BCUT2D eigenvalue weighted by Crippen LogP contribution is -2.34. The molecule has 1 aromatic carbocycles. The average molecular weight is 585 g/mol. The molecule has 2 aromatic rings. The molecule has 0 fully saturated rings. The molecule has 0 aliphatic heterocycles. The average Bonchev–Trinajstić information content (AvgIpc) is 3.17. The Hall–Kier alpha value is -1.57. The highest BCUT2D eigenvalue weighted by atomic mass is 127. The minimum absolute atomic E-state index is 0.0654. The second-order valence-electron chi connectivity index (χ2n) is 8.35. The predicted molar refractivity (Wildman–Crippen MR) is 145 cm³/mol. The highest BCUT2D eigenvalue weighted by Crippen LogP contribution is 2.32. The molecule has 1 heterocycles. The van der Waals surface area contributed by atoms with E-state index in [-0.39, 0.29) is 17.2 Å². The lowest BCUT2D eigenvalue weighted by Gasteiger charge is -2.28. The van der Waals surface area contributed by atoms with Gasteiger partial charge in [0, 0.05) is 61.5 Å². The molecule has 0 N–H and O–H groups in total. The number of carbonyl (C=O) groups excluding carboxylic acids is 1. The fourth-order valence-electron chi connectivity index (χ4n) is 3.83. The summed E-state index contributed by atoms with van der Waals surface area (Å²) in [5, 5.41) is 10.2. The topological polar surface area (TPSA) is 52.3 Å². The molecule has 0 saturated carbocycles. The highest BCUT2D eigenvalue weighted by Gasteiger charge is 2.21. The number of aryl methyl sites for hydroxylation is 1. The summed E-state index contributed by atoms with van der Waals surface area (Å²) in [5.41, 5.74) is 1.90. The molecule has 0 amide bonds. The number of allylic oxidation sites excluding steroid dienone is 1. The van der Waals surface area contributed by atoms with Crippen LogP contribution in [0.2, 0.25) is 0 Å². The third-order valence-corrected chi connectivity index (χ3v) is 7.77. The lowest BCUT2D eigenvalue weighted by atomic mass is 10.1. The highest BCUT2D eigenvalue weighted by molar-refractivity contribution is 14.2. The van der Waals surface area contributed by atoms with Gasteiger partial charge in [-0.25, -0.2) is 4.39 Å². The van der Waals surface area contributed by atoms with Crippen molar-refractivity contribution in [3.63, 3.8) is 0 Å². The van der Waals surface area contributed by atoms with Crippen LogP contribution in [0, 0.1) is 17.1 Å². The summed E-state index contributed by atoms with van der Waals surface area (Å²) in [7, 11) is 3.17. The minimum atomic E-state index is -0.358. The number of halogens is 2. The Morgan fingerprint density at radius 3 is 2.61 bits per heavy atom. The Morgan fingerprint density at radius 1 is 1.30 bits per heavy atom. The molecule has 0 saturated heterocycles. The van der Waals surface area contributed by atoms with Gasteiger partial charge in [-0.1, -0.05) is 13.8 Å². The summed E-state index contributed by atoms with van der Waals surface area (Å²) in [6.07, 6.45) is 5.29. The van der Waals surface area contributed by atoms with E-state index in [0.29, 0.717) is 35.7 Å². The monoisotopic (exact) mass is 584 g/mol. The van der Waals surface area contributed by atoms with Crippen LogP contribution in [0.25, 0.3) is 10.9 Å². The van der Waals surface area contributed by atoms with Gasteiger partial charge in [0.25, 0.3) is 0 Å². The van der Waals surface area contributed by atoms with Crippen LogP contribution in [0.5, 0.6) is 0 Å². The first-order valence-electron chi connectivity index (χ1n) is 11.5. The van der Waals surface area contributed by atoms with Crippen LogP contribution in [0.3, 0.4) is 0 Å². The van der Waals surface area contributed by atoms with Crippen molar-refractivity contribution in [3.8, 4) is 6.07 Å². The number of nitrogens with zero attached hydrogens (tertiary/aromatic N) is 4. The van der Waals surface area contributed by atoms with Gasteiger partial charge in [0.2, 0.25) is 5.78 Å². The molecule has 0 bridgehead atoms. The van der Waals surface area contributed by atoms with Crippen LogP contribution in [0.15, 0.2) is 30.0 Å². The van der Waals surface area contributed by atoms with Gasteiger partial charge >= 0.3 is 0 Å². The van der Waals surface area contributed by atoms with Crippen molar-refractivity contribution >= 4 is 47.0 Å². The van der Waals surface area contributed by atoms with Crippen molar-refractivity contribution in [1.29, 1.82) is 5.26 Å². The first kappa shape index (κ1) is 27.7. The van der Waals surface area contributed by atoms with Crippen molar-refractivity contribution in [1.82, 2.24) is 13.8 Å². The van der Waals surface area contributed by atoms with Gasteiger partial charge in [-0.3, -0.25) is 8.77 Å². The van der Waals surface area contributed by atoms with E-state index in [9.17, 15) is 14.4 Å². The molecular formula is C25H34FIN4OS. The number of carbonyl (C=O) groups is 1. The SMILES string of the molecule is CCCN(CCCc1cc2c(cc1F)cc(C(=O)/C(C#N)=C/N(C)CC)n2SI)C(C)CC. The smallest absolute Gasteiger partial charge is 0.222 e. The molecule has 0 spiro atoms. The number of hydrogen-bond acceptors (Lipinski definition) is 5. The van der Waals surface area contributed by atoms with Crippen LogP contribution in [-0.4, -0.2) is 52.3 Å². The summed E-state index contributed by atoms with van der Waals surface area (Å²) in [5.74, 6) is -0.603. The number of fused-ring (bicyclic) bond motifs is 1. The third kappa shape index (κ3) is 6.96. The van der Waals surface area contributed by atoms with E-state index in [4.69, 9.17) is 0 Å². The molecule has 1 aromatic heterocycles. The van der Waals surface area contributed by atoms with Gasteiger partial charge in [-0.2, -0.15) is 5.26 Å². The first-order chi connectivity index (χ1) is 15.8. The number of aromatic nitrogens is 1. The Kier molecular flexibility index (Phi) is 11.2. The first-order valence-corrected chi connectivity index (χ1v) is 14.9. The fraction of sp³-hybridized carbons (Fsp3) is 0.520. The third-order valence-electron chi connectivity index (χ3n) is 6.06. The van der Waals surface area contributed by atoms with Crippen molar-refractivity contribution in [2.75, 3.05) is 26.7 Å². The van der Waals surface area contributed by atoms with Crippen molar-refractivity contribution in [3.05, 3.63) is 47.0 Å². The lowest BCUT2D eigenvalue weighted by molar-refractivity contribution is 0.103. The van der Waals surface area contributed by atoms with E-state index in [2.05, 4.69) is 46.9 Å². The van der Waals surface area contributed by atoms with Gasteiger partial charge < -0.3 is 9.80 Å². The molecule has 5 nitrogen and oxygen atoms in total. The van der Waals surface area contributed by atoms with Gasteiger partial charge in [0.05, 0.1) is 5.52 Å². The molecule has 2 rings (SSSR count). The van der Waals surface area contributed by atoms with Crippen LogP contribution >= 0.6 is 30.3 Å². The number of Topliss-reactive ketones (excluding diaryl/α,β-unsaturated/α-hetero) is 1. The minimum Gasteiger partial charge on any atom is -0.380 e. The molecule has 0 aliphatic carbocycles. The molecule has 180 valence electrons. The zero-order valence-electron chi connectivity index (χ0n) is 20.2. The van der Waals surface area contributed by atoms with Crippen LogP contribution in [-0.2, 0) is 6.42 Å². The van der Waals surface area contributed by atoms with Gasteiger partial charge in [0.1, 0.15) is 23.2 Å². The standard InChI is InChI=1S/C25H34FIN4OS/c1-6-11-30(18(4)7-2)12-9-10-19-14-23-20(13-22(19)26)15-24(31(23)33-27)25(32)21(16-28)17-29(5)8-3/h13-15,17-18H,6-12H2,1-5H3/b21-17+. The van der Waals surface area contributed by atoms with E-state index >= 15 is 0 Å². The number of rotatable bonds is 13. The number of ketones is 1. The maximum atomic E-state index is 14.9. The van der Waals surface area contributed by atoms with E-state index in [0.717, 1.165) is 37.9 Å². The summed E-state index contributed by atoms with van der Waals surface area (Å²) < 4.78 is 16.7. The zero-order chi connectivity index (χ0) is 24.5. The Labute approximate surface area is 213 Å². The predicted octanol–water partition coefficient (Wildman–Crippen LogP) is 6.61. The van der Waals surface area contributed by atoms with Crippen molar-refractivity contribution in [2.45, 2.75) is 59.4 Å².